The van der Waals surface area contributed by atoms with Crippen LogP contribution in [-0.4, -0.2) is 40.7 Å². The number of rotatable bonds is 7. The number of hydrogen-bond donors (Lipinski definition) is 1. The van der Waals surface area contributed by atoms with E-state index in [9.17, 15) is 9.59 Å². The highest BCUT2D eigenvalue weighted by Gasteiger charge is 2.25. The lowest BCUT2D eigenvalue weighted by Crippen LogP contribution is -2.40. The highest BCUT2D eigenvalue weighted by Crippen LogP contribution is 2.18. The predicted molar refractivity (Wildman–Crippen MR) is 113 cm³/mol. The summed E-state index contributed by atoms with van der Waals surface area (Å²) in [6.45, 7) is 2.41. The molecule has 5 nitrogen and oxygen atoms in total. The van der Waals surface area contributed by atoms with E-state index in [1.807, 2.05) is 41.3 Å². The van der Waals surface area contributed by atoms with E-state index in [2.05, 4.69) is 10.3 Å². The van der Waals surface area contributed by atoms with E-state index < -0.39 is 0 Å². The van der Waals surface area contributed by atoms with Crippen molar-refractivity contribution in [3.63, 3.8) is 0 Å². The molecule has 1 amide bonds. The molecule has 1 fully saturated rings. The molecule has 1 atom stereocenters. The summed E-state index contributed by atoms with van der Waals surface area (Å²) < 4.78 is 0. The Hall–Kier alpha value is -2.24. The van der Waals surface area contributed by atoms with Crippen molar-refractivity contribution in [1.29, 1.82) is 0 Å². The Balaban J connectivity index is 0.00000280. The van der Waals surface area contributed by atoms with Gasteiger partial charge in [0.05, 0.1) is 12.2 Å². The summed E-state index contributed by atoms with van der Waals surface area (Å²) in [5.41, 5.74) is 1.55. The number of Topliss-reactive ketones (excluding diaryl/α,β-unsaturated/α-hetero) is 1. The van der Waals surface area contributed by atoms with Crippen molar-refractivity contribution in [1.82, 2.24) is 15.2 Å². The van der Waals surface area contributed by atoms with E-state index in [1.54, 1.807) is 18.3 Å². The minimum Gasteiger partial charge on any atom is -0.334 e. The number of aromatic nitrogens is 1. The summed E-state index contributed by atoms with van der Waals surface area (Å²) in [6.07, 6.45) is 5.21. The van der Waals surface area contributed by atoms with Gasteiger partial charge in [0.1, 0.15) is 0 Å². The van der Waals surface area contributed by atoms with Crippen molar-refractivity contribution in [2.75, 3.05) is 13.1 Å². The molecule has 28 heavy (non-hydrogen) atoms. The molecule has 2 aromatic rings. The summed E-state index contributed by atoms with van der Waals surface area (Å²) in [4.78, 5) is 31.7. The quantitative estimate of drug-likeness (QED) is 0.719. The number of halogens is 1. The van der Waals surface area contributed by atoms with Crippen LogP contribution >= 0.6 is 12.4 Å². The third-order valence-corrected chi connectivity index (χ3v) is 5.03. The lowest BCUT2D eigenvalue weighted by molar-refractivity contribution is -0.134. The van der Waals surface area contributed by atoms with E-state index in [4.69, 9.17) is 0 Å². The average molecular weight is 402 g/mol. The Bertz CT molecular complexity index is 732. The highest BCUT2D eigenvalue weighted by atomic mass is 35.5. The van der Waals surface area contributed by atoms with Gasteiger partial charge in [0.25, 0.3) is 0 Å². The van der Waals surface area contributed by atoms with Crippen LogP contribution < -0.4 is 5.32 Å². The summed E-state index contributed by atoms with van der Waals surface area (Å²) >= 11 is 0. The van der Waals surface area contributed by atoms with Crippen LogP contribution in [0.2, 0.25) is 0 Å². The maximum atomic E-state index is 13.0. The second-order valence-electron chi connectivity index (χ2n) is 6.97. The fraction of sp³-hybridized carbons (Fsp3) is 0.409. The van der Waals surface area contributed by atoms with Crippen LogP contribution in [0.3, 0.4) is 0 Å². The smallest absolute Gasteiger partial charge is 0.223 e. The normalized spacial score (nSPS) is 16.5. The van der Waals surface area contributed by atoms with E-state index in [1.165, 1.54) is 0 Å². The predicted octanol–water partition coefficient (Wildman–Crippen LogP) is 3.64. The van der Waals surface area contributed by atoms with Crippen LogP contribution in [0.1, 0.15) is 48.2 Å². The number of amides is 1. The molecule has 0 radical (unpaired) electrons. The van der Waals surface area contributed by atoms with Crippen molar-refractivity contribution in [3.8, 4) is 0 Å². The number of nitrogens with one attached hydrogen (secondary N) is 1. The van der Waals surface area contributed by atoms with Gasteiger partial charge in [0, 0.05) is 30.6 Å². The topological polar surface area (TPSA) is 62.3 Å². The Kier molecular flexibility index (Phi) is 9.11. The molecule has 1 aliphatic rings. The van der Waals surface area contributed by atoms with Crippen molar-refractivity contribution < 1.29 is 9.59 Å². The van der Waals surface area contributed by atoms with E-state index in [-0.39, 0.29) is 43.0 Å². The Morgan fingerprint density at radius 1 is 1.00 bits per heavy atom. The highest BCUT2D eigenvalue weighted by molar-refractivity contribution is 5.97. The van der Waals surface area contributed by atoms with Crippen molar-refractivity contribution in [3.05, 3.63) is 66.0 Å². The monoisotopic (exact) mass is 401 g/mol. The number of carbonyl (C=O) groups is 2. The van der Waals surface area contributed by atoms with E-state index >= 15 is 0 Å². The number of hydrogen-bond acceptors (Lipinski definition) is 4. The molecule has 1 unspecified atom stereocenters. The van der Waals surface area contributed by atoms with Crippen molar-refractivity contribution >= 4 is 24.1 Å². The second-order valence-corrected chi connectivity index (χ2v) is 6.97. The van der Waals surface area contributed by atoms with Gasteiger partial charge in [-0.1, -0.05) is 36.4 Å². The summed E-state index contributed by atoms with van der Waals surface area (Å²) in [7, 11) is 0. The molecule has 1 saturated heterocycles. The molecule has 0 bridgehead atoms. The molecular weight excluding hydrogens is 374 g/mol. The first-order valence-electron chi connectivity index (χ1n) is 9.72. The van der Waals surface area contributed by atoms with E-state index in [0.717, 1.165) is 38.0 Å². The first-order chi connectivity index (χ1) is 13.2. The summed E-state index contributed by atoms with van der Waals surface area (Å²) in [5.74, 6) is 0.0566. The zero-order chi connectivity index (χ0) is 18.9. The molecule has 6 heteroatoms. The number of benzene rings is 1. The zero-order valence-electron chi connectivity index (χ0n) is 16.0. The van der Waals surface area contributed by atoms with Gasteiger partial charge in [0.2, 0.25) is 5.91 Å². The third kappa shape index (κ3) is 6.43. The van der Waals surface area contributed by atoms with Gasteiger partial charge in [-0.2, -0.15) is 0 Å². The van der Waals surface area contributed by atoms with Gasteiger partial charge in [-0.15, -0.1) is 12.4 Å². The van der Waals surface area contributed by atoms with Gasteiger partial charge >= 0.3 is 0 Å². The molecular formula is C22H28ClN3O2. The molecule has 2 heterocycles. The lowest BCUT2D eigenvalue weighted by Gasteiger charge is -2.31. The molecule has 1 aromatic carbocycles. The molecule has 1 aliphatic heterocycles. The molecule has 150 valence electrons. The molecule has 3 rings (SSSR count). The largest absolute Gasteiger partial charge is 0.334 e. The van der Waals surface area contributed by atoms with Crippen LogP contribution in [-0.2, 0) is 11.3 Å². The minimum atomic E-state index is 0. The fourth-order valence-corrected chi connectivity index (χ4v) is 3.53. The van der Waals surface area contributed by atoms with Gasteiger partial charge < -0.3 is 10.2 Å². The van der Waals surface area contributed by atoms with Crippen molar-refractivity contribution in [2.45, 2.75) is 44.7 Å². The molecule has 0 aliphatic carbocycles. The van der Waals surface area contributed by atoms with Crippen LogP contribution in [0.5, 0.6) is 0 Å². The van der Waals surface area contributed by atoms with Crippen LogP contribution in [0.15, 0.2) is 54.7 Å². The van der Waals surface area contributed by atoms with Gasteiger partial charge in [0.15, 0.2) is 5.78 Å². The van der Waals surface area contributed by atoms with Gasteiger partial charge in [-0.05, 0) is 44.5 Å². The molecule has 1 N–H and O–H groups in total. The number of ketones is 1. The maximum absolute atomic E-state index is 13.0. The minimum absolute atomic E-state index is 0. The first-order valence-corrected chi connectivity index (χ1v) is 9.72. The zero-order valence-corrected chi connectivity index (χ0v) is 16.9. The Morgan fingerprint density at radius 3 is 2.54 bits per heavy atom. The summed E-state index contributed by atoms with van der Waals surface area (Å²) in [6, 6.07) is 15.2. The van der Waals surface area contributed by atoms with Crippen LogP contribution in [0.25, 0.3) is 0 Å². The second kappa shape index (κ2) is 11.6. The molecule has 0 saturated carbocycles. The van der Waals surface area contributed by atoms with Crippen LogP contribution in [0, 0.1) is 0 Å². The standard InChI is InChI=1S/C22H27N3O2.ClH/c26-21(18-7-2-1-3-8-18)11-12-22(27)25(17-19-9-4-5-15-24-19)20-10-6-14-23-16-13-20;/h1-5,7-9,15,20,23H,6,10-14,16-17H2;1H. The average Bonchev–Trinajstić information content (AvgIpc) is 3.01. The van der Waals surface area contributed by atoms with Crippen molar-refractivity contribution in [2.24, 2.45) is 0 Å². The SMILES string of the molecule is Cl.O=C(CCC(=O)N(Cc1ccccn1)C1CCCNCC1)c1ccccc1. The third-order valence-electron chi connectivity index (χ3n) is 5.03. The summed E-state index contributed by atoms with van der Waals surface area (Å²) in [5, 5.41) is 3.40. The van der Waals surface area contributed by atoms with Gasteiger partial charge in [-0.3, -0.25) is 14.6 Å². The lowest BCUT2D eigenvalue weighted by atomic mass is 10.0. The molecule has 0 spiro atoms. The maximum Gasteiger partial charge on any atom is 0.223 e. The molecule has 1 aromatic heterocycles. The first kappa shape index (κ1) is 22.1. The Labute approximate surface area is 173 Å². The number of pyridine rings is 1. The van der Waals surface area contributed by atoms with Crippen LogP contribution in [0.4, 0.5) is 0 Å². The van der Waals surface area contributed by atoms with E-state index in [0.29, 0.717) is 12.1 Å². The number of carbonyl (C=O) groups excluding carboxylic acids is 2. The fourth-order valence-electron chi connectivity index (χ4n) is 3.53. The number of nitrogens with zero attached hydrogens (tertiary/aromatic N) is 2. The Morgan fingerprint density at radius 2 is 1.79 bits per heavy atom. The van der Waals surface area contributed by atoms with Gasteiger partial charge in [-0.25, -0.2) is 0 Å².